The molecule has 0 aromatic heterocycles. The van der Waals surface area contributed by atoms with Crippen LogP contribution in [0.1, 0.15) is 39.5 Å². The number of alkyl halides is 3. The zero-order chi connectivity index (χ0) is 13.1. The molecule has 0 heterocycles. The third-order valence-electron chi connectivity index (χ3n) is 3.12. The Morgan fingerprint density at radius 2 is 1.76 bits per heavy atom. The van der Waals surface area contributed by atoms with E-state index in [2.05, 4.69) is 10.4 Å². The van der Waals surface area contributed by atoms with Gasteiger partial charge < -0.3 is 5.43 Å². The molecule has 1 fully saturated rings. The minimum Gasteiger partial charge on any atom is -0.312 e. The van der Waals surface area contributed by atoms with Gasteiger partial charge in [-0.2, -0.15) is 13.2 Å². The van der Waals surface area contributed by atoms with E-state index in [0.29, 0.717) is 18.7 Å². The van der Waals surface area contributed by atoms with Crippen molar-refractivity contribution >= 4 is 5.84 Å². The van der Waals surface area contributed by atoms with Gasteiger partial charge in [-0.15, -0.1) is 0 Å². The average Bonchev–Trinajstić information content (AvgIpc) is 2.24. The number of nitrogens with zero attached hydrogens (tertiary/aromatic N) is 1. The molecule has 0 saturated heterocycles. The van der Waals surface area contributed by atoms with Gasteiger partial charge in [-0.3, -0.25) is 4.99 Å². The van der Waals surface area contributed by atoms with Gasteiger partial charge in [-0.1, -0.05) is 0 Å². The molecule has 0 aromatic carbocycles. The standard InChI is InChI=1S/C11H20F3N3/c1-7(2)16-10(17-15)8-3-5-9(6-4-8)11(12,13)14/h7-9H,3-6,15H2,1-2H3,(H,16,17). The lowest BCUT2D eigenvalue weighted by Gasteiger charge is -2.30. The number of hydrogen-bond donors (Lipinski definition) is 2. The van der Waals surface area contributed by atoms with Crippen LogP contribution in [0.4, 0.5) is 13.2 Å². The van der Waals surface area contributed by atoms with Gasteiger partial charge in [0.25, 0.3) is 0 Å². The molecule has 0 aromatic rings. The van der Waals surface area contributed by atoms with Crippen molar-refractivity contribution in [2.45, 2.75) is 51.7 Å². The lowest BCUT2D eigenvalue weighted by atomic mass is 9.81. The number of halogens is 3. The molecule has 100 valence electrons. The van der Waals surface area contributed by atoms with E-state index in [1.807, 2.05) is 13.8 Å². The Hall–Kier alpha value is -0.780. The van der Waals surface area contributed by atoms with Crippen LogP contribution < -0.4 is 11.3 Å². The molecule has 0 bridgehead atoms. The number of aliphatic imine (C=N–C) groups is 1. The van der Waals surface area contributed by atoms with Crippen molar-refractivity contribution in [3.8, 4) is 0 Å². The van der Waals surface area contributed by atoms with Gasteiger partial charge >= 0.3 is 6.18 Å². The second kappa shape index (κ2) is 5.71. The maximum atomic E-state index is 12.5. The van der Waals surface area contributed by atoms with Crippen molar-refractivity contribution in [3.05, 3.63) is 0 Å². The maximum absolute atomic E-state index is 12.5. The summed E-state index contributed by atoms with van der Waals surface area (Å²) < 4.78 is 37.5. The molecule has 3 N–H and O–H groups in total. The predicted octanol–water partition coefficient (Wildman–Crippen LogP) is 2.63. The summed E-state index contributed by atoms with van der Waals surface area (Å²) >= 11 is 0. The Kier molecular flexibility index (Phi) is 4.80. The largest absolute Gasteiger partial charge is 0.391 e. The Bertz CT molecular complexity index is 266. The highest BCUT2D eigenvalue weighted by molar-refractivity contribution is 5.84. The molecule has 1 aliphatic rings. The molecule has 0 amide bonds. The molecule has 0 unspecified atom stereocenters. The van der Waals surface area contributed by atoms with Crippen molar-refractivity contribution in [2.75, 3.05) is 0 Å². The molecule has 1 saturated carbocycles. The number of hydrogen-bond acceptors (Lipinski definition) is 2. The first-order valence-electron chi connectivity index (χ1n) is 5.95. The molecule has 0 radical (unpaired) electrons. The highest BCUT2D eigenvalue weighted by Gasteiger charge is 2.42. The van der Waals surface area contributed by atoms with Crippen LogP contribution in [0.2, 0.25) is 0 Å². The normalized spacial score (nSPS) is 27.4. The lowest BCUT2D eigenvalue weighted by Crippen LogP contribution is -2.40. The van der Waals surface area contributed by atoms with Crippen LogP contribution in [0.3, 0.4) is 0 Å². The van der Waals surface area contributed by atoms with E-state index in [0.717, 1.165) is 0 Å². The van der Waals surface area contributed by atoms with E-state index in [4.69, 9.17) is 5.84 Å². The van der Waals surface area contributed by atoms with Gasteiger partial charge in [-0.05, 0) is 39.5 Å². The van der Waals surface area contributed by atoms with E-state index in [9.17, 15) is 13.2 Å². The van der Waals surface area contributed by atoms with E-state index in [1.165, 1.54) is 0 Å². The lowest BCUT2D eigenvalue weighted by molar-refractivity contribution is -0.182. The molecule has 1 rings (SSSR count). The molecule has 3 nitrogen and oxygen atoms in total. The van der Waals surface area contributed by atoms with Crippen LogP contribution in [0.25, 0.3) is 0 Å². The van der Waals surface area contributed by atoms with Crippen LogP contribution in [-0.2, 0) is 0 Å². The second-order valence-corrected chi connectivity index (χ2v) is 4.84. The van der Waals surface area contributed by atoms with Crippen LogP contribution in [-0.4, -0.2) is 18.1 Å². The highest BCUT2D eigenvalue weighted by atomic mass is 19.4. The van der Waals surface area contributed by atoms with Crippen molar-refractivity contribution in [1.82, 2.24) is 5.43 Å². The van der Waals surface area contributed by atoms with Crippen LogP contribution >= 0.6 is 0 Å². The zero-order valence-electron chi connectivity index (χ0n) is 10.2. The van der Waals surface area contributed by atoms with Crippen LogP contribution in [0, 0.1) is 11.8 Å². The summed E-state index contributed by atoms with van der Waals surface area (Å²) in [6.07, 6.45) is -2.71. The fourth-order valence-electron chi connectivity index (χ4n) is 2.23. The van der Waals surface area contributed by atoms with Gasteiger partial charge in [0.05, 0.1) is 5.92 Å². The maximum Gasteiger partial charge on any atom is 0.391 e. The molecule has 0 atom stereocenters. The minimum atomic E-state index is -4.06. The minimum absolute atomic E-state index is 0.0426. The van der Waals surface area contributed by atoms with Gasteiger partial charge in [0.1, 0.15) is 5.84 Å². The molecule has 17 heavy (non-hydrogen) atoms. The SMILES string of the molecule is CC(C)N=C(NN)C1CCC(C(F)(F)F)CC1. The van der Waals surface area contributed by atoms with Crippen LogP contribution in [0.5, 0.6) is 0 Å². The van der Waals surface area contributed by atoms with E-state index < -0.39 is 12.1 Å². The third kappa shape index (κ3) is 4.18. The first-order chi connectivity index (χ1) is 7.84. The Morgan fingerprint density at radius 1 is 1.24 bits per heavy atom. The first kappa shape index (κ1) is 14.3. The summed E-state index contributed by atoms with van der Waals surface area (Å²) in [5, 5.41) is 0. The fourth-order valence-corrected chi connectivity index (χ4v) is 2.23. The van der Waals surface area contributed by atoms with Gasteiger partial charge in [-0.25, -0.2) is 5.84 Å². The fraction of sp³-hybridized carbons (Fsp3) is 0.909. The van der Waals surface area contributed by atoms with Crippen molar-refractivity contribution < 1.29 is 13.2 Å². The third-order valence-corrected chi connectivity index (χ3v) is 3.12. The monoisotopic (exact) mass is 251 g/mol. The molecule has 0 spiro atoms. The highest BCUT2D eigenvalue weighted by Crippen LogP contribution is 2.39. The topological polar surface area (TPSA) is 50.4 Å². The summed E-state index contributed by atoms with van der Waals surface area (Å²) in [6, 6.07) is 0.0985. The number of amidine groups is 1. The Labute approximate surface area is 99.6 Å². The van der Waals surface area contributed by atoms with Gasteiger partial charge in [0.15, 0.2) is 0 Å². The van der Waals surface area contributed by atoms with Crippen molar-refractivity contribution in [2.24, 2.45) is 22.7 Å². The van der Waals surface area contributed by atoms with Crippen LogP contribution in [0.15, 0.2) is 4.99 Å². The average molecular weight is 251 g/mol. The number of nitrogens with one attached hydrogen (secondary N) is 1. The molecular weight excluding hydrogens is 231 g/mol. The van der Waals surface area contributed by atoms with Gasteiger partial charge in [0.2, 0.25) is 0 Å². The zero-order valence-corrected chi connectivity index (χ0v) is 10.2. The second-order valence-electron chi connectivity index (χ2n) is 4.84. The molecule has 0 aliphatic heterocycles. The summed E-state index contributed by atoms with van der Waals surface area (Å²) in [5.74, 6) is 4.90. The molecule has 6 heteroatoms. The number of nitrogens with two attached hydrogens (primary N) is 1. The van der Waals surface area contributed by atoms with Gasteiger partial charge in [0, 0.05) is 12.0 Å². The summed E-state index contributed by atoms with van der Waals surface area (Å²) in [4.78, 5) is 4.31. The smallest absolute Gasteiger partial charge is 0.312 e. The predicted molar refractivity (Wildman–Crippen MR) is 61.4 cm³/mol. The van der Waals surface area contributed by atoms with E-state index >= 15 is 0 Å². The Balaban J connectivity index is 2.56. The van der Waals surface area contributed by atoms with Crippen molar-refractivity contribution in [1.29, 1.82) is 0 Å². The quantitative estimate of drug-likeness (QED) is 0.343. The molecule has 1 aliphatic carbocycles. The summed E-state index contributed by atoms with van der Waals surface area (Å²) in [6.45, 7) is 3.83. The molecular formula is C11H20F3N3. The number of hydrazine groups is 1. The van der Waals surface area contributed by atoms with Crippen molar-refractivity contribution in [3.63, 3.8) is 0 Å². The number of rotatable bonds is 2. The van der Waals surface area contributed by atoms with E-state index in [1.54, 1.807) is 0 Å². The summed E-state index contributed by atoms with van der Waals surface area (Å²) in [5.41, 5.74) is 2.53. The first-order valence-corrected chi connectivity index (χ1v) is 5.95. The summed E-state index contributed by atoms with van der Waals surface area (Å²) in [7, 11) is 0. The Morgan fingerprint density at radius 3 is 2.12 bits per heavy atom. The van der Waals surface area contributed by atoms with E-state index in [-0.39, 0.29) is 24.8 Å².